The average Bonchev–Trinajstić information content (AvgIpc) is 3.38. The summed E-state index contributed by atoms with van der Waals surface area (Å²) in [4.78, 5) is 0. The number of rotatable bonds is 0. The molecule has 35 heavy (non-hydrogen) atoms. The fourth-order valence-corrected chi connectivity index (χ4v) is 7.19. The van der Waals surface area contributed by atoms with Crippen LogP contribution in [0, 0.1) is 13.8 Å². The Morgan fingerprint density at radius 1 is 0.371 bits per heavy atom. The molecule has 0 saturated carbocycles. The van der Waals surface area contributed by atoms with Gasteiger partial charge in [-0.15, -0.1) is 0 Å². The molecule has 0 saturated heterocycles. The van der Waals surface area contributed by atoms with Crippen molar-refractivity contribution >= 4 is 21.5 Å². The molecule has 2 aliphatic rings. The van der Waals surface area contributed by atoms with Crippen LogP contribution in [0.1, 0.15) is 33.4 Å². The van der Waals surface area contributed by atoms with Crippen LogP contribution in [-0.2, 0) is 5.41 Å². The lowest BCUT2D eigenvalue weighted by atomic mass is 9.70. The molecule has 0 aromatic heterocycles. The van der Waals surface area contributed by atoms with Crippen molar-refractivity contribution in [2.75, 3.05) is 0 Å². The van der Waals surface area contributed by atoms with E-state index in [2.05, 4.69) is 123 Å². The zero-order valence-corrected chi connectivity index (χ0v) is 19.9. The van der Waals surface area contributed by atoms with E-state index in [9.17, 15) is 0 Å². The zero-order chi connectivity index (χ0) is 23.3. The van der Waals surface area contributed by atoms with E-state index in [1.165, 1.54) is 77.2 Å². The van der Waals surface area contributed by atoms with Crippen LogP contribution in [0.2, 0.25) is 0 Å². The van der Waals surface area contributed by atoms with Crippen molar-refractivity contribution in [3.05, 3.63) is 143 Å². The van der Waals surface area contributed by atoms with Gasteiger partial charge in [0.1, 0.15) is 0 Å². The van der Waals surface area contributed by atoms with Gasteiger partial charge in [0, 0.05) is 0 Å². The van der Waals surface area contributed by atoms with Gasteiger partial charge < -0.3 is 0 Å². The van der Waals surface area contributed by atoms with E-state index in [-0.39, 0.29) is 5.41 Å². The Hall–Kier alpha value is -4.16. The van der Waals surface area contributed by atoms with E-state index in [1.54, 1.807) is 0 Å². The van der Waals surface area contributed by atoms with Gasteiger partial charge in [0.2, 0.25) is 0 Å². The van der Waals surface area contributed by atoms with Crippen LogP contribution in [0.3, 0.4) is 0 Å². The van der Waals surface area contributed by atoms with Crippen LogP contribution >= 0.6 is 0 Å². The molecule has 0 N–H and O–H groups in total. The van der Waals surface area contributed by atoms with Gasteiger partial charge in [0.15, 0.2) is 0 Å². The maximum atomic E-state index is 2.53. The fraction of sp³-hybridized carbons (Fsp3) is 0.0857. The third-order valence-corrected chi connectivity index (χ3v) is 8.68. The SMILES string of the molecule is Cc1c2ccccc2c(C)c2cc3c(cc12)-c1ccccc1C31c2ccccc2-c2ccccc21. The van der Waals surface area contributed by atoms with E-state index in [4.69, 9.17) is 0 Å². The van der Waals surface area contributed by atoms with Gasteiger partial charge in [-0.2, -0.15) is 0 Å². The Bertz CT molecular complexity index is 1820. The van der Waals surface area contributed by atoms with Crippen molar-refractivity contribution in [1.82, 2.24) is 0 Å². The first-order valence-electron chi connectivity index (χ1n) is 12.5. The molecule has 0 aliphatic heterocycles. The highest BCUT2D eigenvalue weighted by molar-refractivity contribution is 6.09. The van der Waals surface area contributed by atoms with Crippen molar-refractivity contribution in [3.63, 3.8) is 0 Å². The Morgan fingerprint density at radius 2 is 0.771 bits per heavy atom. The third kappa shape index (κ3) is 2.14. The van der Waals surface area contributed by atoms with Crippen molar-refractivity contribution in [1.29, 1.82) is 0 Å². The molecule has 6 aromatic rings. The molecule has 0 radical (unpaired) electrons. The molecule has 0 atom stereocenters. The first kappa shape index (κ1) is 19.2. The first-order chi connectivity index (χ1) is 17.2. The van der Waals surface area contributed by atoms with Crippen molar-refractivity contribution in [3.8, 4) is 22.3 Å². The number of aryl methyl sites for hydroxylation is 2. The van der Waals surface area contributed by atoms with Gasteiger partial charge in [-0.25, -0.2) is 0 Å². The van der Waals surface area contributed by atoms with Gasteiger partial charge >= 0.3 is 0 Å². The lowest BCUT2D eigenvalue weighted by molar-refractivity contribution is 0.795. The molecule has 8 rings (SSSR count). The maximum absolute atomic E-state index is 2.53. The smallest absolute Gasteiger partial charge is 0.0619 e. The number of hydrogen-bond acceptors (Lipinski definition) is 0. The van der Waals surface area contributed by atoms with Gasteiger partial charge in [-0.3, -0.25) is 0 Å². The normalized spacial score (nSPS) is 14.2. The molecule has 1 spiro atoms. The second-order valence-corrected chi connectivity index (χ2v) is 10.1. The molecule has 164 valence electrons. The predicted molar refractivity (Wildman–Crippen MR) is 147 cm³/mol. The summed E-state index contributed by atoms with van der Waals surface area (Å²) in [5.41, 5.74) is 13.5. The molecule has 0 bridgehead atoms. The summed E-state index contributed by atoms with van der Waals surface area (Å²) in [6.07, 6.45) is 0. The van der Waals surface area contributed by atoms with Crippen LogP contribution in [0.5, 0.6) is 0 Å². The fourth-order valence-electron chi connectivity index (χ4n) is 7.19. The summed E-state index contributed by atoms with van der Waals surface area (Å²) < 4.78 is 0. The lowest BCUT2D eigenvalue weighted by Gasteiger charge is -2.30. The summed E-state index contributed by atoms with van der Waals surface area (Å²) in [7, 11) is 0. The van der Waals surface area contributed by atoms with Crippen molar-refractivity contribution in [2.45, 2.75) is 19.3 Å². The second kappa shape index (κ2) is 6.49. The molecule has 0 fully saturated rings. The molecule has 6 aromatic carbocycles. The van der Waals surface area contributed by atoms with Crippen LogP contribution in [0.25, 0.3) is 43.8 Å². The molecule has 2 aliphatic carbocycles. The highest BCUT2D eigenvalue weighted by atomic mass is 14.5. The Morgan fingerprint density at radius 3 is 1.29 bits per heavy atom. The number of benzene rings is 6. The molecular formula is C35H24. The standard InChI is InChI=1S/C35H24/c1-21-23-11-3-4-12-24(23)22(2)29-20-34-30(19-28(21)29)27-15-7-10-18-33(27)35(34)31-16-8-5-13-25(31)26-14-6-9-17-32(26)35/h3-20H,1-2H3. The Labute approximate surface area is 205 Å². The van der Waals surface area contributed by atoms with Crippen LogP contribution in [-0.4, -0.2) is 0 Å². The summed E-state index contributed by atoms with van der Waals surface area (Å²) in [5.74, 6) is 0. The van der Waals surface area contributed by atoms with Crippen LogP contribution in [0.4, 0.5) is 0 Å². The summed E-state index contributed by atoms with van der Waals surface area (Å²) in [6.45, 7) is 4.58. The minimum atomic E-state index is -0.278. The molecule has 0 heteroatoms. The van der Waals surface area contributed by atoms with Crippen LogP contribution in [0.15, 0.2) is 109 Å². The molecule has 0 heterocycles. The largest absolute Gasteiger partial charge is 0.0725 e. The minimum absolute atomic E-state index is 0.278. The summed E-state index contributed by atoms with van der Waals surface area (Å²) in [6, 6.07) is 41.0. The number of fused-ring (bicyclic) bond motifs is 12. The van der Waals surface area contributed by atoms with Crippen molar-refractivity contribution < 1.29 is 0 Å². The van der Waals surface area contributed by atoms with E-state index >= 15 is 0 Å². The van der Waals surface area contributed by atoms with Gasteiger partial charge in [-0.05, 0) is 103 Å². The lowest BCUT2D eigenvalue weighted by Crippen LogP contribution is -2.25. The first-order valence-corrected chi connectivity index (χ1v) is 12.5. The quantitative estimate of drug-likeness (QED) is 0.205. The summed E-state index contributed by atoms with van der Waals surface area (Å²) in [5, 5.41) is 5.45. The Balaban J connectivity index is 1.61. The highest BCUT2D eigenvalue weighted by Crippen LogP contribution is 2.63. The maximum Gasteiger partial charge on any atom is 0.0725 e. The van der Waals surface area contributed by atoms with Gasteiger partial charge in [-0.1, -0.05) is 97.1 Å². The molecular weight excluding hydrogens is 420 g/mol. The van der Waals surface area contributed by atoms with E-state index < -0.39 is 0 Å². The molecule has 0 unspecified atom stereocenters. The van der Waals surface area contributed by atoms with Gasteiger partial charge in [0.05, 0.1) is 5.41 Å². The Kier molecular flexibility index (Phi) is 3.56. The number of hydrogen-bond donors (Lipinski definition) is 0. The van der Waals surface area contributed by atoms with E-state index in [0.717, 1.165) is 0 Å². The minimum Gasteiger partial charge on any atom is -0.0619 e. The highest BCUT2D eigenvalue weighted by Gasteiger charge is 2.51. The van der Waals surface area contributed by atoms with Crippen LogP contribution < -0.4 is 0 Å². The van der Waals surface area contributed by atoms with Crippen molar-refractivity contribution in [2.24, 2.45) is 0 Å². The summed E-state index contributed by atoms with van der Waals surface area (Å²) >= 11 is 0. The van der Waals surface area contributed by atoms with Gasteiger partial charge in [0.25, 0.3) is 0 Å². The molecule has 0 amide bonds. The predicted octanol–water partition coefficient (Wildman–Crippen LogP) is 8.95. The monoisotopic (exact) mass is 444 g/mol. The van der Waals surface area contributed by atoms with E-state index in [1.807, 2.05) is 0 Å². The zero-order valence-electron chi connectivity index (χ0n) is 19.9. The second-order valence-electron chi connectivity index (χ2n) is 10.1. The molecule has 0 nitrogen and oxygen atoms in total. The van der Waals surface area contributed by atoms with E-state index in [0.29, 0.717) is 0 Å². The third-order valence-electron chi connectivity index (χ3n) is 8.68. The average molecular weight is 445 g/mol. The topological polar surface area (TPSA) is 0 Å².